The Morgan fingerprint density at radius 1 is 1.62 bits per heavy atom. The quantitative estimate of drug-likeness (QED) is 0.913. The number of sulfonamides is 1. The zero-order valence-corrected chi connectivity index (χ0v) is 10.3. The van der Waals surface area contributed by atoms with Crippen LogP contribution >= 0.6 is 27.3 Å². The van der Waals surface area contributed by atoms with Gasteiger partial charge in [0.05, 0.1) is 6.26 Å². The number of thiophene rings is 1. The van der Waals surface area contributed by atoms with Gasteiger partial charge < -0.3 is 0 Å². The van der Waals surface area contributed by atoms with E-state index in [-0.39, 0.29) is 0 Å². The predicted octanol–water partition coefficient (Wildman–Crippen LogP) is 1.60. The summed E-state index contributed by atoms with van der Waals surface area (Å²) in [5.74, 6) is 0. The van der Waals surface area contributed by atoms with Crippen molar-refractivity contribution in [2.45, 2.75) is 6.42 Å². The van der Waals surface area contributed by atoms with Gasteiger partial charge in [-0.25, -0.2) is 13.1 Å². The molecule has 0 aromatic carbocycles. The Hall–Kier alpha value is 0.0900. The molecule has 0 amide bonds. The van der Waals surface area contributed by atoms with Gasteiger partial charge in [-0.1, -0.05) is 0 Å². The zero-order chi connectivity index (χ0) is 9.90. The summed E-state index contributed by atoms with van der Waals surface area (Å²) in [5, 5.41) is 1.98. The van der Waals surface area contributed by atoms with Crippen molar-refractivity contribution in [3.8, 4) is 0 Å². The Kier molecular flexibility index (Phi) is 3.90. The Bertz CT molecular complexity index is 372. The van der Waals surface area contributed by atoms with Crippen LogP contribution in [0.25, 0.3) is 0 Å². The van der Waals surface area contributed by atoms with E-state index in [0.717, 1.165) is 17.1 Å². The fourth-order valence-electron chi connectivity index (χ4n) is 0.845. The summed E-state index contributed by atoms with van der Waals surface area (Å²) in [6.07, 6.45) is 1.90. The third-order valence-corrected chi connectivity index (χ3v) is 3.84. The van der Waals surface area contributed by atoms with E-state index in [1.807, 2.05) is 11.4 Å². The number of halogens is 1. The van der Waals surface area contributed by atoms with Crippen molar-refractivity contribution in [1.82, 2.24) is 4.72 Å². The monoisotopic (exact) mass is 283 g/mol. The standard InChI is InChI=1S/C7H10BrNO2S2/c1-13(10,11)9-3-2-7-4-6(8)5-12-7/h4-5,9H,2-3H2,1H3. The van der Waals surface area contributed by atoms with E-state index in [2.05, 4.69) is 20.7 Å². The van der Waals surface area contributed by atoms with Crippen molar-refractivity contribution in [2.75, 3.05) is 12.8 Å². The molecular weight excluding hydrogens is 274 g/mol. The highest BCUT2D eigenvalue weighted by Gasteiger charge is 2.01. The molecule has 0 fully saturated rings. The number of nitrogens with one attached hydrogen (secondary N) is 1. The lowest BCUT2D eigenvalue weighted by molar-refractivity contribution is 0.588. The van der Waals surface area contributed by atoms with Crippen LogP contribution in [0.15, 0.2) is 15.9 Å². The van der Waals surface area contributed by atoms with Crippen molar-refractivity contribution in [3.63, 3.8) is 0 Å². The van der Waals surface area contributed by atoms with Crippen LogP contribution in [-0.2, 0) is 16.4 Å². The molecule has 0 radical (unpaired) electrons. The maximum atomic E-state index is 10.7. The van der Waals surface area contributed by atoms with Crippen molar-refractivity contribution in [1.29, 1.82) is 0 Å². The van der Waals surface area contributed by atoms with Crippen LogP contribution in [0.4, 0.5) is 0 Å². The van der Waals surface area contributed by atoms with E-state index in [9.17, 15) is 8.42 Å². The molecule has 0 aliphatic carbocycles. The van der Waals surface area contributed by atoms with Gasteiger partial charge >= 0.3 is 0 Å². The van der Waals surface area contributed by atoms with E-state index in [4.69, 9.17) is 0 Å². The molecule has 0 spiro atoms. The highest BCUT2D eigenvalue weighted by molar-refractivity contribution is 9.10. The fourth-order valence-corrected chi connectivity index (χ4v) is 2.77. The van der Waals surface area contributed by atoms with Gasteiger partial charge in [0, 0.05) is 21.3 Å². The molecule has 0 aliphatic heterocycles. The molecule has 1 aromatic heterocycles. The van der Waals surface area contributed by atoms with Crippen molar-refractivity contribution in [3.05, 3.63) is 20.8 Å². The molecule has 1 N–H and O–H groups in total. The number of rotatable bonds is 4. The van der Waals surface area contributed by atoms with E-state index in [0.29, 0.717) is 6.54 Å². The summed E-state index contributed by atoms with van der Waals surface area (Å²) in [5.41, 5.74) is 0. The van der Waals surface area contributed by atoms with Gasteiger partial charge in [0.2, 0.25) is 10.0 Å². The van der Waals surface area contributed by atoms with Crippen LogP contribution in [0.2, 0.25) is 0 Å². The van der Waals surface area contributed by atoms with Crippen molar-refractivity contribution >= 4 is 37.3 Å². The first-order valence-electron chi connectivity index (χ1n) is 3.65. The number of hydrogen-bond acceptors (Lipinski definition) is 3. The molecule has 0 unspecified atom stereocenters. The molecule has 6 heteroatoms. The second kappa shape index (κ2) is 4.54. The number of hydrogen-bond donors (Lipinski definition) is 1. The fraction of sp³-hybridized carbons (Fsp3) is 0.429. The highest BCUT2D eigenvalue weighted by Crippen LogP contribution is 2.19. The minimum absolute atomic E-state index is 0.464. The van der Waals surface area contributed by atoms with Crippen LogP contribution < -0.4 is 4.72 Å². The molecular formula is C7H10BrNO2S2. The highest BCUT2D eigenvalue weighted by atomic mass is 79.9. The Morgan fingerprint density at radius 2 is 2.31 bits per heavy atom. The van der Waals surface area contributed by atoms with Gasteiger partial charge in [0.25, 0.3) is 0 Å². The van der Waals surface area contributed by atoms with Gasteiger partial charge in [-0.05, 0) is 28.4 Å². The summed E-state index contributed by atoms with van der Waals surface area (Å²) >= 11 is 4.95. The van der Waals surface area contributed by atoms with Crippen molar-refractivity contribution < 1.29 is 8.42 Å². The van der Waals surface area contributed by atoms with E-state index in [1.54, 1.807) is 11.3 Å². The smallest absolute Gasteiger partial charge is 0.208 e. The van der Waals surface area contributed by atoms with Gasteiger partial charge in [-0.15, -0.1) is 11.3 Å². The molecule has 0 atom stereocenters. The lowest BCUT2D eigenvalue weighted by Crippen LogP contribution is -2.23. The van der Waals surface area contributed by atoms with E-state index < -0.39 is 10.0 Å². The molecule has 3 nitrogen and oxygen atoms in total. The van der Waals surface area contributed by atoms with Gasteiger partial charge in [0.1, 0.15) is 0 Å². The van der Waals surface area contributed by atoms with Gasteiger partial charge in [-0.3, -0.25) is 0 Å². The Labute approximate surface area is 90.3 Å². The molecule has 0 saturated heterocycles. The summed E-state index contributed by atoms with van der Waals surface area (Å²) in [6, 6.07) is 1.99. The predicted molar refractivity (Wildman–Crippen MR) is 58.6 cm³/mol. The maximum absolute atomic E-state index is 10.7. The summed E-state index contributed by atoms with van der Waals surface area (Å²) < 4.78 is 24.9. The summed E-state index contributed by atoms with van der Waals surface area (Å²) in [6.45, 7) is 0.464. The largest absolute Gasteiger partial charge is 0.215 e. The summed E-state index contributed by atoms with van der Waals surface area (Å²) in [7, 11) is -3.04. The first-order chi connectivity index (χ1) is 5.97. The van der Waals surface area contributed by atoms with Crippen LogP contribution in [0.3, 0.4) is 0 Å². The topological polar surface area (TPSA) is 46.2 Å². The Morgan fingerprint density at radius 3 is 2.77 bits per heavy atom. The van der Waals surface area contributed by atoms with E-state index in [1.165, 1.54) is 4.88 Å². The van der Waals surface area contributed by atoms with Gasteiger partial charge in [0.15, 0.2) is 0 Å². The van der Waals surface area contributed by atoms with Crippen LogP contribution in [0, 0.1) is 0 Å². The average Bonchev–Trinajstić information content (AvgIpc) is 2.33. The third-order valence-electron chi connectivity index (χ3n) is 1.36. The minimum Gasteiger partial charge on any atom is -0.215 e. The van der Waals surface area contributed by atoms with Crippen LogP contribution in [0.1, 0.15) is 4.88 Å². The first-order valence-corrected chi connectivity index (χ1v) is 7.21. The van der Waals surface area contributed by atoms with E-state index >= 15 is 0 Å². The second-order valence-corrected chi connectivity index (χ2v) is 6.39. The molecule has 13 heavy (non-hydrogen) atoms. The average molecular weight is 284 g/mol. The van der Waals surface area contributed by atoms with Crippen molar-refractivity contribution in [2.24, 2.45) is 0 Å². The van der Waals surface area contributed by atoms with Gasteiger partial charge in [-0.2, -0.15) is 0 Å². The molecule has 1 heterocycles. The SMILES string of the molecule is CS(=O)(=O)NCCc1cc(Br)cs1. The third kappa shape index (κ3) is 4.75. The Balaban J connectivity index is 2.36. The van der Waals surface area contributed by atoms with Crippen LogP contribution in [-0.4, -0.2) is 21.2 Å². The molecule has 0 bridgehead atoms. The van der Waals surface area contributed by atoms with Crippen LogP contribution in [0.5, 0.6) is 0 Å². The normalized spacial score (nSPS) is 11.8. The molecule has 1 rings (SSSR count). The molecule has 0 saturated carbocycles. The summed E-state index contributed by atoms with van der Waals surface area (Å²) in [4.78, 5) is 1.17. The zero-order valence-electron chi connectivity index (χ0n) is 7.08. The first kappa shape index (κ1) is 11.2. The lowest BCUT2D eigenvalue weighted by Gasteiger charge is -1.99. The molecule has 0 aliphatic rings. The molecule has 74 valence electrons. The molecule has 1 aromatic rings. The maximum Gasteiger partial charge on any atom is 0.208 e. The minimum atomic E-state index is -3.04. The lowest BCUT2D eigenvalue weighted by atomic mass is 10.3. The second-order valence-electron chi connectivity index (χ2n) is 2.65.